The Morgan fingerprint density at radius 2 is 1.81 bits per heavy atom. The molecule has 0 bridgehead atoms. The molecule has 1 heterocycles. The highest BCUT2D eigenvalue weighted by molar-refractivity contribution is 6.30. The molecule has 2 aromatic carbocycles. The van der Waals surface area contributed by atoms with Crippen molar-refractivity contribution in [3.63, 3.8) is 0 Å². The van der Waals surface area contributed by atoms with E-state index < -0.39 is 0 Å². The number of hydrogen-bond acceptors (Lipinski definition) is 2. The molecule has 0 saturated carbocycles. The summed E-state index contributed by atoms with van der Waals surface area (Å²) in [5, 5.41) is 0.714. The molecule has 0 unspecified atom stereocenters. The predicted molar refractivity (Wildman–Crippen MR) is 120 cm³/mol. The first-order valence-electron chi connectivity index (χ1n) is 9.65. The summed E-state index contributed by atoms with van der Waals surface area (Å²) in [6.07, 6.45) is 5.47. The van der Waals surface area contributed by atoms with E-state index in [1.807, 2.05) is 24.4 Å². The van der Waals surface area contributed by atoms with Crippen LogP contribution in [0.3, 0.4) is 0 Å². The van der Waals surface area contributed by atoms with Gasteiger partial charge in [0.25, 0.3) is 0 Å². The van der Waals surface area contributed by atoms with Gasteiger partial charge in [0.2, 0.25) is 0 Å². The van der Waals surface area contributed by atoms with Crippen molar-refractivity contribution < 1.29 is 0 Å². The molecule has 0 atom stereocenters. The third-order valence-electron chi connectivity index (χ3n) is 5.33. The van der Waals surface area contributed by atoms with Crippen molar-refractivity contribution >= 4 is 34.8 Å². The molecule has 0 fully saturated rings. The van der Waals surface area contributed by atoms with Crippen molar-refractivity contribution in [2.75, 3.05) is 11.4 Å². The average molecular weight is 381 g/mol. The molecule has 1 aliphatic heterocycles. The summed E-state index contributed by atoms with van der Waals surface area (Å²) >= 11 is 6.13. The van der Waals surface area contributed by atoms with Gasteiger partial charge in [0.1, 0.15) is 0 Å². The van der Waals surface area contributed by atoms with Crippen LogP contribution in [-0.4, -0.2) is 18.3 Å². The van der Waals surface area contributed by atoms with Gasteiger partial charge in [-0.1, -0.05) is 30.7 Å². The van der Waals surface area contributed by atoms with Crippen LogP contribution in [0.25, 0.3) is 5.57 Å². The maximum absolute atomic E-state index is 6.13. The summed E-state index contributed by atoms with van der Waals surface area (Å²) in [7, 11) is 0. The fourth-order valence-corrected chi connectivity index (χ4v) is 4.04. The Bertz CT molecular complexity index is 922. The fourth-order valence-electron chi connectivity index (χ4n) is 3.88. The number of hydrogen-bond donors (Lipinski definition) is 0. The Balaban J connectivity index is 2.05. The van der Waals surface area contributed by atoms with Crippen LogP contribution in [0.5, 0.6) is 0 Å². The van der Waals surface area contributed by atoms with Gasteiger partial charge in [-0.2, -0.15) is 0 Å². The van der Waals surface area contributed by atoms with Crippen molar-refractivity contribution in [1.29, 1.82) is 0 Å². The zero-order chi connectivity index (χ0) is 19.8. The largest absolute Gasteiger partial charge is 0.362 e. The van der Waals surface area contributed by atoms with E-state index in [2.05, 4.69) is 64.7 Å². The van der Waals surface area contributed by atoms with E-state index in [1.165, 1.54) is 22.4 Å². The summed E-state index contributed by atoms with van der Waals surface area (Å²) in [6.45, 7) is 14.3. The lowest BCUT2D eigenvalue weighted by Crippen LogP contribution is -2.45. The molecule has 2 nitrogen and oxygen atoms in total. The van der Waals surface area contributed by atoms with Gasteiger partial charge < -0.3 is 4.90 Å². The first kappa shape index (κ1) is 19.7. The molecule has 0 aromatic heterocycles. The zero-order valence-electron chi connectivity index (χ0n) is 17.2. The van der Waals surface area contributed by atoms with Crippen LogP contribution < -0.4 is 4.90 Å². The Morgan fingerprint density at radius 3 is 2.52 bits per heavy atom. The van der Waals surface area contributed by atoms with Gasteiger partial charge in [-0.15, -0.1) is 0 Å². The van der Waals surface area contributed by atoms with Crippen LogP contribution in [0.15, 0.2) is 41.4 Å². The maximum atomic E-state index is 6.13. The summed E-state index contributed by atoms with van der Waals surface area (Å²) < 4.78 is 0. The van der Waals surface area contributed by atoms with Gasteiger partial charge in [0, 0.05) is 29.0 Å². The standard InChI is InChI=1S/C24H29ClN2/c1-7-10-27-23-11-17(3)19(12-21(23)18(4)14-24(27,5)6)15-26-22-13-20(25)9-8-16(22)2/h8-9,11-15H,7,10H2,1-6H3. The monoisotopic (exact) mass is 380 g/mol. The summed E-state index contributed by atoms with van der Waals surface area (Å²) in [5.41, 5.74) is 8.43. The van der Waals surface area contributed by atoms with Gasteiger partial charge in [0.15, 0.2) is 0 Å². The summed E-state index contributed by atoms with van der Waals surface area (Å²) in [5.74, 6) is 0. The van der Waals surface area contributed by atoms with E-state index in [9.17, 15) is 0 Å². The Labute approximate surface area is 168 Å². The molecular formula is C24H29ClN2. The third-order valence-corrected chi connectivity index (χ3v) is 5.56. The molecule has 0 spiro atoms. The van der Waals surface area contributed by atoms with E-state index in [4.69, 9.17) is 16.6 Å². The van der Waals surface area contributed by atoms with Crippen molar-refractivity contribution in [2.24, 2.45) is 4.99 Å². The second-order valence-corrected chi connectivity index (χ2v) is 8.48. The van der Waals surface area contributed by atoms with E-state index in [0.29, 0.717) is 5.02 Å². The summed E-state index contributed by atoms with van der Waals surface area (Å²) in [6, 6.07) is 10.4. The minimum atomic E-state index is 0.0348. The number of halogens is 1. The molecule has 1 aliphatic rings. The van der Waals surface area contributed by atoms with E-state index in [1.54, 1.807) is 0 Å². The van der Waals surface area contributed by atoms with Gasteiger partial charge in [-0.25, -0.2) is 0 Å². The fraction of sp³-hybridized carbons (Fsp3) is 0.375. The molecule has 2 aromatic rings. The highest BCUT2D eigenvalue weighted by Crippen LogP contribution is 2.40. The lowest BCUT2D eigenvalue weighted by molar-refractivity contribution is 0.550. The van der Waals surface area contributed by atoms with Crippen LogP contribution in [0.2, 0.25) is 5.02 Å². The number of benzene rings is 2. The molecule has 0 N–H and O–H groups in total. The molecule has 3 rings (SSSR count). The van der Waals surface area contributed by atoms with Crippen LogP contribution in [0.4, 0.5) is 11.4 Å². The lowest BCUT2D eigenvalue weighted by atomic mass is 9.87. The van der Waals surface area contributed by atoms with Crippen LogP contribution in [0.1, 0.15) is 56.4 Å². The second-order valence-electron chi connectivity index (χ2n) is 8.05. The smallest absolute Gasteiger partial charge is 0.0673 e. The van der Waals surface area contributed by atoms with Crippen LogP contribution in [0, 0.1) is 13.8 Å². The lowest BCUT2D eigenvalue weighted by Gasteiger charge is -2.43. The molecule has 0 amide bonds. The Morgan fingerprint density at radius 1 is 1.07 bits per heavy atom. The highest BCUT2D eigenvalue weighted by Gasteiger charge is 2.31. The van der Waals surface area contributed by atoms with E-state index in [0.717, 1.165) is 29.8 Å². The molecule has 0 aliphatic carbocycles. The number of anilines is 1. The van der Waals surface area contributed by atoms with Crippen molar-refractivity contribution in [1.82, 2.24) is 0 Å². The third kappa shape index (κ3) is 3.96. The topological polar surface area (TPSA) is 15.6 Å². The van der Waals surface area contributed by atoms with Gasteiger partial charge in [0.05, 0.1) is 11.2 Å². The predicted octanol–water partition coefficient (Wildman–Crippen LogP) is 7.12. The molecule has 27 heavy (non-hydrogen) atoms. The SMILES string of the molecule is CCCN1c2cc(C)c(C=Nc3cc(Cl)ccc3C)cc2C(C)=CC1(C)C. The van der Waals surface area contributed by atoms with Crippen LogP contribution >= 0.6 is 11.6 Å². The molecular weight excluding hydrogens is 352 g/mol. The van der Waals surface area contributed by atoms with Gasteiger partial charge >= 0.3 is 0 Å². The molecule has 3 heteroatoms. The Hall–Kier alpha value is -2.06. The second kappa shape index (κ2) is 7.52. The highest BCUT2D eigenvalue weighted by atomic mass is 35.5. The first-order valence-corrected chi connectivity index (χ1v) is 10.0. The number of fused-ring (bicyclic) bond motifs is 1. The zero-order valence-corrected chi connectivity index (χ0v) is 18.0. The number of allylic oxidation sites excluding steroid dienone is 1. The maximum Gasteiger partial charge on any atom is 0.0673 e. The number of aliphatic imine (C=N–C) groups is 1. The van der Waals surface area contributed by atoms with Gasteiger partial charge in [-0.3, -0.25) is 4.99 Å². The summed E-state index contributed by atoms with van der Waals surface area (Å²) in [4.78, 5) is 7.23. The van der Waals surface area contributed by atoms with E-state index in [-0.39, 0.29) is 5.54 Å². The minimum Gasteiger partial charge on any atom is -0.362 e. The number of aryl methyl sites for hydroxylation is 2. The van der Waals surface area contributed by atoms with Gasteiger partial charge in [-0.05, 0) is 87.6 Å². The molecule has 0 radical (unpaired) electrons. The van der Waals surface area contributed by atoms with Crippen molar-refractivity contribution in [2.45, 2.75) is 53.5 Å². The minimum absolute atomic E-state index is 0.0348. The quantitative estimate of drug-likeness (QED) is 0.515. The number of rotatable bonds is 4. The first-order chi connectivity index (χ1) is 12.7. The van der Waals surface area contributed by atoms with Crippen LogP contribution in [-0.2, 0) is 0 Å². The number of nitrogens with zero attached hydrogens (tertiary/aromatic N) is 2. The average Bonchev–Trinajstić information content (AvgIpc) is 2.59. The Kier molecular flexibility index (Phi) is 5.48. The normalized spacial score (nSPS) is 15.8. The van der Waals surface area contributed by atoms with E-state index >= 15 is 0 Å². The molecule has 0 saturated heterocycles. The van der Waals surface area contributed by atoms with Crippen molar-refractivity contribution in [3.05, 3.63) is 63.7 Å². The van der Waals surface area contributed by atoms with Crippen molar-refractivity contribution in [3.8, 4) is 0 Å². The molecule has 142 valence electrons.